The summed E-state index contributed by atoms with van der Waals surface area (Å²) in [5, 5.41) is 11.6. The number of aliphatic hydroxyl groups excluding tert-OH is 1. The van der Waals surface area contributed by atoms with Crippen LogP contribution in [-0.2, 0) is 10.8 Å². The second-order valence-electron chi connectivity index (χ2n) is 11.2. The lowest BCUT2D eigenvalue weighted by atomic mass is 9.78. The molecule has 1 aliphatic carbocycles. The Balaban J connectivity index is 1.92. The van der Waals surface area contributed by atoms with Crippen LogP contribution >= 0.6 is 0 Å². The van der Waals surface area contributed by atoms with Crippen LogP contribution in [0.3, 0.4) is 0 Å². The van der Waals surface area contributed by atoms with Gasteiger partial charge in [-0.25, -0.2) is 0 Å². The molecule has 3 aromatic carbocycles. The molecule has 0 bridgehead atoms. The van der Waals surface area contributed by atoms with E-state index in [1.165, 1.54) is 0 Å². The molecule has 0 unspecified atom stereocenters. The molecule has 1 atom stereocenters. The van der Waals surface area contributed by atoms with Crippen molar-refractivity contribution >= 4 is 6.08 Å². The van der Waals surface area contributed by atoms with Crippen LogP contribution in [0.2, 0.25) is 0 Å². The molecule has 0 aromatic heterocycles. The molecule has 0 amide bonds. The quantitative estimate of drug-likeness (QED) is 0.391. The van der Waals surface area contributed by atoms with Crippen molar-refractivity contribution in [3.63, 3.8) is 0 Å². The second kappa shape index (κ2) is 9.30. The fraction of sp³-hybridized carbons (Fsp3) is 0.312. The van der Waals surface area contributed by atoms with Crippen molar-refractivity contribution in [3.05, 3.63) is 112 Å². The minimum atomic E-state index is -0.220. The van der Waals surface area contributed by atoms with Gasteiger partial charge in [-0.3, -0.25) is 0 Å². The first-order chi connectivity index (χ1) is 16.5. The summed E-state index contributed by atoms with van der Waals surface area (Å²) in [7, 11) is 1.68. The number of hydrogen-bond donors (Lipinski definition) is 1. The number of hydrogen-bond acceptors (Lipinski definition) is 3. The van der Waals surface area contributed by atoms with E-state index in [9.17, 15) is 5.11 Å². The Labute approximate surface area is 209 Å². The molecule has 0 spiro atoms. The van der Waals surface area contributed by atoms with Crippen LogP contribution in [0, 0.1) is 0 Å². The third-order valence-corrected chi connectivity index (χ3v) is 6.55. The lowest BCUT2D eigenvalue weighted by Gasteiger charge is -2.31. The maximum absolute atomic E-state index is 11.6. The highest BCUT2D eigenvalue weighted by atomic mass is 16.6. The number of methoxy groups -OCH3 is 1. The van der Waals surface area contributed by atoms with Gasteiger partial charge >= 0.3 is 0 Å². The van der Waals surface area contributed by atoms with Crippen molar-refractivity contribution in [1.82, 2.24) is 0 Å². The van der Waals surface area contributed by atoms with Gasteiger partial charge in [0.25, 0.3) is 5.95 Å². The highest BCUT2D eigenvalue weighted by molar-refractivity contribution is 5.67. The third-order valence-electron chi connectivity index (χ3n) is 6.55. The average molecular weight is 469 g/mol. The Morgan fingerprint density at radius 3 is 1.91 bits per heavy atom. The molecule has 3 heteroatoms. The van der Waals surface area contributed by atoms with Gasteiger partial charge in [-0.2, -0.15) is 0 Å². The van der Waals surface area contributed by atoms with Crippen LogP contribution in [0.15, 0.2) is 84.3 Å². The van der Waals surface area contributed by atoms with E-state index in [0.717, 1.165) is 39.1 Å². The molecule has 1 N–H and O–H groups in total. The molecule has 4 rings (SSSR count). The fourth-order valence-electron chi connectivity index (χ4n) is 4.67. The topological polar surface area (TPSA) is 38.7 Å². The van der Waals surface area contributed by atoms with Gasteiger partial charge in [-0.05, 0) is 39.7 Å². The first-order valence-electron chi connectivity index (χ1n) is 12.2. The molecule has 0 aliphatic heterocycles. The van der Waals surface area contributed by atoms with Crippen molar-refractivity contribution in [2.45, 2.75) is 58.3 Å². The summed E-state index contributed by atoms with van der Waals surface area (Å²) in [4.78, 5) is 0. The summed E-state index contributed by atoms with van der Waals surface area (Å²) in [6.45, 7) is 12.9. The SMILES string of the molecule is COc1cc(C(C)(C)C)c(O/C(O)=C2/C=Cc3ccccc3[C@H]2c2ccccc2)c(C(C)(C)C)c1. The standard InChI is InChI=1S/C32H36O3/c1-31(2,3)26-19-23(34-7)20-27(32(4,5)6)29(26)35-30(33)25-18-17-21-13-11-12-16-24(21)28(25)22-14-9-8-10-15-22/h8-20,28,33H,1-7H3/b30-25-/t28-/m1/s1. The van der Waals surface area contributed by atoms with Crippen molar-refractivity contribution in [1.29, 1.82) is 0 Å². The summed E-state index contributed by atoms with van der Waals surface area (Å²) in [6.07, 6.45) is 4.03. The van der Waals surface area contributed by atoms with Crippen LogP contribution < -0.4 is 9.47 Å². The Morgan fingerprint density at radius 1 is 0.771 bits per heavy atom. The molecular weight excluding hydrogens is 432 g/mol. The van der Waals surface area contributed by atoms with Gasteiger partial charge in [0, 0.05) is 22.6 Å². The van der Waals surface area contributed by atoms with Gasteiger partial charge < -0.3 is 14.6 Å². The molecular formula is C32H36O3. The van der Waals surface area contributed by atoms with Gasteiger partial charge in [0.05, 0.1) is 7.11 Å². The summed E-state index contributed by atoms with van der Waals surface area (Å²) in [6, 6.07) is 22.6. The van der Waals surface area contributed by atoms with E-state index in [-0.39, 0.29) is 22.7 Å². The van der Waals surface area contributed by atoms with E-state index in [1.807, 2.05) is 54.6 Å². The number of benzene rings is 3. The maximum atomic E-state index is 11.6. The van der Waals surface area contributed by atoms with Crippen molar-refractivity contribution in [3.8, 4) is 11.5 Å². The number of ether oxygens (including phenoxy) is 2. The monoisotopic (exact) mass is 468 g/mol. The molecule has 3 aromatic rings. The normalized spacial score (nSPS) is 17.1. The van der Waals surface area contributed by atoms with E-state index < -0.39 is 0 Å². The molecule has 35 heavy (non-hydrogen) atoms. The molecule has 0 saturated carbocycles. The van der Waals surface area contributed by atoms with Gasteiger partial charge in [0.1, 0.15) is 11.5 Å². The van der Waals surface area contributed by atoms with E-state index in [2.05, 4.69) is 65.8 Å². The lowest BCUT2D eigenvalue weighted by Crippen LogP contribution is -2.21. The highest BCUT2D eigenvalue weighted by Crippen LogP contribution is 2.45. The fourth-order valence-corrected chi connectivity index (χ4v) is 4.67. The van der Waals surface area contributed by atoms with Crippen molar-refractivity contribution < 1.29 is 14.6 Å². The van der Waals surface area contributed by atoms with Gasteiger partial charge in [0.15, 0.2) is 0 Å². The number of rotatable bonds is 4. The Bertz CT molecular complexity index is 1230. The summed E-state index contributed by atoms with van der Waals surface area (Å²) in [5.74, 6) is 1.26. The van der Waals surface area contributed by atoms with Crippen LogP contribution in [0.1, 0.15) is 75.3 Å². The van der Waals surface area contributed by atoms with E-state index in [4.69, 9.17) is 9.47 Å². The largest absolute Gasteiger partial charge is 0.497 e. The number of fused-ring (bicyclic) bond motifs is 1. The summed E-state index contributed by atoms with van der Waals surface area (Å²) >= 11 is 0. The van der Waals surface area contributed by atoms with Crippen LogP contribution in [-0.4, -0.2) is 12.2 Å². The van der Waals surface area contributed by atoms with Gasteiger partial charge in [0.2, 0.25) is 0 Å². The van der Waals surface area contributed by atoms with Crippen molar-refractivity contribution in [2.75, 3.05) is 7.11 Å². The maximum Gasteiger partial charge on any atom is 0.286 e. The zero-order chi connectivity index (χ0) is 25.4. The molecule has 3 nitrogen and oxygen atoms in total. The van der Waals surface area contributed by atoms with Crippen LogP contribution in [0.4, 0.5) is 0 Å². The lowest BCUT2D eigenvalue weighted by molar-refractivity contribution is 0.196. The molecule has 0 fully saturated rings. The zero-order valence-electron chi connectivity index (χ0n) is 21.8. The Hall–Kier alpha value is -3.46. The smallest absolute Gasteiger partial charge is 0.286 e. The Kier molecular flexibility index (Phi) is 6.55. The third kappa shape index (κ3) is 5.00. The van der Waals surface area contributed by atoms with Crippen LogP contribution in [0.25, 0.3) is 6.08 Å². The average Bonchev–Trinajstić information content (AvgIpc) is 2.82. The molecule has 1 aliphatic rings. The summed E-state index contributed by atoms with van der Waals surface area (Å²) in [5.41, 5.74) is 5.68. The van der Waals surface area contributed by atoms with E-state index >= 15 is 0 Å². The number of aliphatic hydroxyl groups is 1. The Morgan fingerprint density at radius 2 is 1.34 bits per heavy atom. The first kappa shape index (κ1) is 24.7. The zero-order valence-corrected chi connectivity index (χ0v) is 21.8. The molecule has 0 heterocycles. The molecule has 182 valence electrons. The van der Waals surface area contributed by atoms with Crippen molar-refractivity contribution in [2.24, 2.45) is 0 Å². The molecule has 0 saturated heterocycles. The predicted octanol–water partition coefficient (Wildman–Crippen LogP) is 8.30. The molecule has 0 radical (unpaired) electrons. The minimum absolute atomic E-state index is 0.0780. The summed E-state index contributed by atoms with van der Waals surface area (Å²) < 4.78 is 12.1. The van der Waals surface area contributed by atoms with Gasteiger partial charge in [-0.1, -0.05) is 108 Å². The van der Waals surface area contributed by atoms with Gasteiger partial charge in [-0.15, -0.1) is 0 Å². The van der Waals surface area contributed by atoms with E-state index in [1.54, 1.807) is 7.11 Å². The van der Waals surface area contributed by atoms with Crippen LogP contribution in [0.5, 0.6) is 11.5 Å². The highest BCUT2D eigenvalue weighted by Gasteiger charge is 2.31. The first-order valence-corrected chi connectivity index (χ1v) is 12.2. The second-order valence-corrected chi connectivity index (χ2v) is 11.2. The number of allylic oxidation sites excluding steroid dienone is 2. The van der Waals surface area contributed by atoms with E-state index in [0.29, 0.717) is 5.75 Å². The minimum Gasteiger partial charge on any atom is -0.497 e. The predicted molar refractivity (Wildman–Crippen MR) is 144 cm³/mol.